The summed E-state index contributed by atoms with van der Waals surface area (Å²) < 4.78 is 10.3. The maximum absolute atomic E-state index is 12.3. The monoisotopic (exact) mass is 339 g/mol. The first-order valence-corrected chi connectivity index (χ1v) is 8.05. The summed E-state index contributed by atoms with van der Waals surface area (Å²) in [5.41, 5.74) is 0.788. The Morgan fingerprint density at radius 2 is 2.00 bits per heavy atom. The van der Waals surface area contributed by atoms with Gasteiger partial charge >= 0.3 is 0 Å². The number of amides is 1. The zero-order chi connectivity index (χ0) is 17.2. The average Bonchev–Trinajstić information content (AvgIpc) is 3.33. The van der Waals surface area contributed by atoms with E-state index in [1.54, 1.807) is 30.2 Å². The minimum atomic E-state index is -0.0697. The first-order valence-electron chi connectivity index (χ1n) is 8.05. The van der Waals surface area contributed by atoms with Crippen molar-refractivity contribution in [3.63, 3.8) is 0 Å². The highest BCUT2D eigenvalue weighted by Gasteiger charge is 2.24. The molecule has 0 unspecified atom stereocenters. The van der Waals surface area contributed by atoms with Crippen LogP contribution in [0.3, 0.4) is 0 Å². The fourth-order valence-corrected chi connectivity index (χ4v) is 2.81. The predicted octanol–water partition coefficient (Wildman–Crippen LogP) is 2.00. The van der Waals surface area contributed by atoms with E-state index in [-0.39, 0.29) is 5.91 Å². The third-order valence-electron chi connectivity index (χ3n) is 4.15. The van der Waals surface area contributed by atoms with Crippen LogP contribution in [0.1, 0.15) is 16.4 Å². The average molecular weight is 339 g/mol. The van der Waals surface area contributed by atoms with Gasteiger partial charge in [0.2, 0.25) is 0 Å². The van der Waals surface area contributed by atoms with Crippen molar-refractivity contribution >= 4 is 11.7 Å². The summed E-state index contributed by atoms with van der Waals surface area (Å²) in [6.45, 7) is 4.48. The summed E-state index contributed by atoms with van der Waals surface area (Å²) in [7, 11) is 0. The van der Waals surface area contributed by atoms with Crippen LogP contribution >= 0.6 is 0 Å². The standard InChI is InChI=1S/C17H17N5O3/c1-12-19-16(25-20-12)13-4-5-15(18-11-13)21-6-8-22(9-7-21)17(23)14-3-2-10-24-14/h2-5,10-11H,6-9H2,1H3. The Balaban J connectivity index is 1.40. The van der Waals surface area contributed by atoms with Crippen molar-refractivity contribution in [2.24, 2.45) is 0 Å². The Morgan fingerprint density at radius 3 is 2.60 bits per heavy atom. The molecule has 0 bridgehead atoms. The summed E-state index contributed by atoms with van der Waals surface area (Å²) in [5, 5.41) is 3.78. The zero-order valence-corrected chi connectivity index (χ0v) is 13.8. The maximum atomic E-state index is 12.3. The van der Waals surface area contributed by atoms with Crippen molar-refractivity contribution in [2.75, 3.05) is 31.1 Å². The van der Waals surface area contributed by atoms with E-state index >= 15 is 0 Å². The number of aryl methyl sites for hydroxylation is 1. The number of carbonyl (C=O) groups is 1. The number of anilines is 1. The van der Waals surface area contributed by atoms with Crippen molar-refractivity contribution in [1.82, 2.24) is 20.0 Å². The molecule has 8 heteroatoms. The van der Waals surface area contributed by atoms with Gasteiger partial charge in [-0.05, 0) is 31.2 Å². The van der Waals surface area contributed by atoms with Gasteiger partial charge in [0.15, 0.2) is 11.6 Å². The van der Waals surface area contributed by atoms with Crippen LogP contribution in [0.5, 0.6) is 0 Å². The number of hydrogen-bond donors (Lipinski definition) is 0. The lowest BCUT2D eigenvalue weighted by molar-refractivity contribution is 0.0714. The van der Waals surface area contributed by atoms with Gasteiger partial charge in [-0.15, -0.1) is 0 Å². The molecule has 1 fully saturated rings. The van der Waals surface area contributed by atoms with E-state index in [0.717, 1.165) is 24.5 Å². The Morgan fingerprint density at radius 1 is 1.16 bits per heavy atom. The lowest BCUT2D eigenvalue weighted by Crippen LogP contribution is -2.49. The minimum Gasteiger partial charge on any atom is -0.459 e. The molecule has 0 N–H and O–H groups in total. The zero-order valence-electron chi connectivity index (χ0n) is 13.8. The molecule has 0 spiro atoms. The van der Waals surface area contributed by atoms with Crippen LogP contribution in [0.2, 0.25) is 0 Å². The van der Waals surface area contributed by atoms with Crippen molar-refractivity contribution < 1.29 is 13.7 Å². The summed E-state index contributed by atoms with van der Waals surface area (Å²) in [4.78, 5) is 24.9. The number of rotatable bonds is 3. The van der Waals surface area contributed by atoms with Gasteiger partial charge in [-0.1, -0.05) is 5.16 Å². The molecule has 128 valence electrons. The number of piperazine rings is 1. The molecule has 0 atom stereocenters. The van der Waals surface area contributed by atoms with Gasteiger partial charge in [0, 0.05) is 32.4 Å². The summed E-state index contributed by atoms with van der Waals surface area (Å²) in [5.74, 6) is 2.23. The summed E-state index contributed by atoms with van der Waals surface area (Å²) in [6, 6.07) is 7.25. The Labute approximate surface area is 144 Å². The third kappa shape index (κ3) is 3.10. The molecule has 0 aromatic carbocycles. The molecular weight excluding hydrogens is 322 g/mol. The highest BCUT2D eigenvalue weighted by molar-refractivity contribution is 5.91. The number of aromatic nitrogens is 3. The van der Waals surface area contributed by atoms with E-state index in [1.165, 1.54) is 6.26 Å². The molecule has 0 saturated carbocycles. The van der Waals surface area contributed by atoms with Gasteiger partial charge in [-0.3, -0.25) is 4.79 Å². The van der Waals surface area contributed by atoms with Gasteiger partial charge in [0.05, 0.1) is 11.8 Å². The molecule has 0 radical (unpaired) electrons. The van der Waals surface area contributed by atoms with Gasteiger partial charge in [-0.25, -0.2) is 4.98 Å². The van der Waals surface area contributed by atoms with E-state index in [0.29, 0.717) is 30.6 Å². The Bertz CT molecular complexity index is 849. The van der Waals surface area contributed by atoms with Gasteiger partial charge in [0.25, 0.3) is 11.8 Å². The molecule has 1 amide bonds. The summed E-state index contributed by atoms with van der Waals surface area (Å²) in [6.07, 6.45) is 3.24. The van der Waals surface area contributed by atoms with E-state index < -0.39 is 0 Å². The molecule has 25 heavy (non-hydrogen) atoms. The van der Waals surface area contributed by atoms with Crippen LogP contribution in [0, 0.1) is 6.92 Å². The second-order valence-electron chi connectivity index (χ2n) is 5.81. The first-order chi connectivity index (χ1) is 12.2. The predicted molar refractivity (Wildman–Crippen MR) is 89.1 cm³/mol. The minimum absolute atomic E-state index is 0.0697. The van der Waals surface area contributed by atoms with Crippen LogP contribution in [0.15, 0.2) is 45.7 Å². The van der Waals surface area contributed by atoms with Crippen LogP contribution in [-0.2, 0) is 0 Å². The molecule has 1 saturated heterocycles. The topological polar surface area (TPSA) is 88.5 Å². The smallest absolute Gasteiger partial charge is 0.289 e. The quantitative estimate of drug-likeness (QED) is 0.721. The van der Waals surface area contributed by atoms with Gasteiger partial charge < -0.3 is 18.7 Å². The number of hydrogen-bond acceptors (Lipinski definition) is 7. The number of furan rings is 1. The molecule has 3 aromatic heterocycles. The lowest BCUT2D eigenvalue weighted by atomic mass is 10.2. The van der Waals surface area contributed by atoms with Crippen LogP contribution < -0.4 is 4.90 Å². The van der Waals surface area contributed by atoms with Crippen molar-refractivity contribution in [1.29, 1.82) is 0 Å². The van der Waals surface area contributed by atoms with E-state index in [2.05, 4.69) is 20.0 Å². The Kier molecular flexibility index (Phi) is 3.93. The van der Waals surface area contributed by atoms with E-state index in [4.69, 9.17) is 8.94 Å². The molecule has 4 rings (SSSR count). The molecular formula is C17H17N5O3. The van der Waals surface area contributed by atoms with Crippen LogP contribution in [-0.4, -0.2) is 52.1 Å². The highest BCUT2D eigenvalue weighted by atomic mass is 16.5. The van der Waals surface area contributed by atoms with Crippen molar-refractivity contribution in [3.8, 4) is 11.5 Å². The highest BCUT2D eigenvalue weighted by Crippen LogP contribution is 2.20. The third-order valence-corrected chi connectivity index (χ3v) is 4.15. The number of pyridine rings is 1. The first kappa shape index (κ1) is 15.4. The fraction of sp³-hybridized carbons (Fsp3) is 0.294. The Hall–Kier alpha value is -3.16. The maximum Gasteiger partial charge on any atom is 0.289 e. The van der Waals surface area contributed by atoms with Crippen molar-refractivity contribution in [2.45, 2.75) is 6.92 Å². The fourth-order valence-electron chi connectivity index (χ4n) is 2.81. The molecule has 8 nitrogen and oxygen atoms in total. The van der Waals surface area contributed by atoms with Gasteiger partial charge in [0.1, 0.15) is 5.82 Å². The molecule has 4 heterocycles. The van der Waals surface area contributed by atoms with Crippen LogP contribution in [0.4, 0.5) is 5.82 Å². The normalized spacial score (nSPS) is 14.8. The molecule has 3 aromatic rings. The number of nitrogens with zero attached hydrogens (tertiary/aromatic N) is 5. The summed E-state index contributed by atoms with van der Waals surface area (Å²) >= 11 is 0. The lowest BCUT2D eigenvalue weighted by Gasteiger charge is -2.35. The van der Waals surface area contributed by atoms with Crippen molar-refractivity contribution in [3.05, 3.63) is 48.3 Å². The van der Waals surface area contributed by atoms with Crippen LogP contribution in [0.25, 0.3) is 11.5 Å². The van der Waals surface area contributed by atoms with E-state index in [9.17, 15) is 4.79 Å². The molecule has 1 aliphatic rings. The molecule has 0 aliphatic carbocycles. The van der Waals surface area contributed by atoms with Gasteiger partial charge in [-0.2, -0.15) is 4.98 Å². The molecule has 1 aliphatic heterocycles. The largest absolute Gasteiger partial charge is 0.459 e. The second-order valence-corrected chi connectivity index (χ2v) is 5.81. The second kappa shape index (κ2) is 6.39. The SMILES string of the molecule is Cc1noc(-c2ccc(N3CCN(C(=O)c4ccco4)CC3)nc2)n1. The number of carbonyl (C=O) groups excluding carboxylic acids is 1. The van der Waals surface area contributed by atoms with E-state index in [1.807, 2.05) is 12.1 Å².